The summed E-state index contributed by atoms with van der Waals surface area (Å²) in [5.41, 5.74) is 6.34. The van der Waals surface area contributed by atoms with E-state index in [9.17, 15) is 9.59 Å². The minimum absolute atomic E-state index is 0.168. The van der Waals surface area contributed by atoms with Crippen LogP contribution in [0.4, 0.5) is 5.69 Å². The molecule has 1 unspecified atom stereocenters. The van der Waals surface area contributed by atoms with Crippen LogP contribution in [0.5, 0.6) is 0 Å². The Morgan fingerprint density at radius 1 is 1.45 bits per heavy atom. The van der Waals surface area contributed by atoms with Crippen LogP contribution in [0.15, 0.2) is 28.4 Å². The molecule has 0 saturated carbocycles. The summed E-state index contributed by atoms with van der Waals surface area (Å²) in [5.74, 6) is -1.18. The summed E-state index contributed by atoms with van der Waals surface area (Å²) in [5, 5.41) is 10.8. The molecule has 0 bridgehead atoms. The summed E-state index contributed by atoms with van der Waals surface area (Å²) in [4.78, 5) is 25.2. The average molecular weight is 290 g/mol. The van der Waals surface area contributed by atoms with E-state index in [0.29, 0.717) is 5.39 Å². The molecule has 0 spiro atoms. The normalized spacial score (nSPS) is 18.6. The highest BCUT2D eigenvalue weighted by atomic mass is 32.1. The predicted octanol–water partition coefficient (Wildman–Crippen LogP) is 1.50. The van der Waals surface area contributed by atoms with Crippen LogP contribution in [-0.2, 0) is 0 Å². The Morgan fingerprint density at radius 2 is 2.25 bits per heavy atom. The van der Waals surface area contributed by atoms with Gasteiger partial charge in [0.05, 0.1) is 0 Å². The van der Waals surface area contributed by atoms with Gasteiger partial charge in [0.2, 0.25) is 5.43 Å². The summed E-state index contributed by atoms with van der Waals surface area (Å²) in [7, 11) is 0. The van der Waals surface area contributed by atoms with Crippen LogP contribution in [0, 0.1) is 0 Å². The van der Waals surface area contributed by atoms with E-state index in [-0.39, 0.29) is 11.6 Å². The first-order valence-electron chi connectivity index (χ1n) is 6.35. The molecule has 1 aliphatic heterocycles. The summed E-state index contributed by atoms with van der Waals surface area (Å²) < 4.78 is 0.804. The summed E-state index contributed by atoms with van der Waals surface area (Å²) in [6.45, 7) is 1.72. The number of carboxylic acids is 1. The van der Waals surface area contributed by atoms with Crippen LogP contribution < -0.4 is 16.1 Å². The molecule has 0 amide bonds. The van der Waals surface area contributed by atoms with Gasteiger partial charge in [0, 0.05) is 40.3 Å². The largest absolute Gasteiger partial charge is 0.478 e. The second-order valence-corrected chi connectivity index (χ2v) is 5.87. The molecule has 1 aromatic carbocycles. The highest BCUT2D eigenvalue weighted by Gasteiger charge is 2.20. The van der Waals surface area contributed by atoms with E-state index in [0.717, 1.165) is 29.9 Å². The number of anilines is 1. The van der Waals surface area contributed by atoms with Gasteiger partial charge in [-0.1, -0.05) is 0 Å². The molecular formula is C14H14N2O3S. The van der Waals surface area contributed by atoms with Crippen molar-refractivity contribution in [3.8, 4) is 0 Å². The summed E-state index contributed by atoms with van der Waals surface area (Å²) >= 11 is 1.28. The number of hydrogen-bond acceptors (Lipinski definition) is 5. The minimum Gasteiger partial charge on any atom is -0.478 e. The topological polar surface area (TPSA) is 83.6 Å². The van der Waals surface area contributed by atoms with E-state index in [4.69, 9.17) is 10.8 Å². The Labute approximate surface area is 119 Å². The Morgan fingerprint density at radius 3 is 2.90 bits per heavy atom. The molecule has 0 radical (unpaired) electrons. The predicted molar refractivity (Wildman–Crippen MR) is 79.9 cm³/mol. The fraction of sp³-hybridized carbons (Fsp3) is 0.286. The van der Waals surface area contributed by atoms with Crippen LogP contribution >= 0.6 is 11.3 Å². The zero-order valence-electron chi connectivity index (χ0n) is 10.7. The lowest BCUT2D eigenvalue weighted by Gasteiger charge is -2.18. The molecule has 20 heavy (non-hydrogen) atoms. The van der Waals surface area contributed by atoms with Crippen molar-refractivity contribution in [1.29, 1.82) is 0 Å². The number of benzene rings is 1. The van der Waals surface area contributed by atoms with Crippen LogP contribution in [-0.4, -0.2) is 30.2 Å². The Bertz CT molecular complexity index is 741. The molecule has 0 aliphatic carbocycles. The highest BCUT2D eigenvalue weighted by molar-refractivity contribution is 7.16. The van der Waals surface area contributed by atoms with Crippen molar-refractivity contribution < 1.29 is 9.90 Å². The van der Waals surface area contributed by atoms with Gasteiger partial charge < -0.3 is 15.7 Å². The molecular weight excluding hydrogens is 276 g/mol. The van der Waals surface area contributed by atoms with Crippen molar-refractivity contribution in [2.75, 3.05) is 18.0 Å². The SMILES string of the molecule is NC1CCN(c2ccc3c(=O)c(C(=O)O)csc3c2)C1. The average Bonchev–Trinajstić information content (AvgIpc) is 2.85. The van der Waals surface area contributed by atoms with Gasteiger partial charge in [-0.15, -0.1) is 11.3 Å². The highest BCUT2D eigenvalue weighted by Crippen LogP contribution is 2.26. The Balaban J connectivity index is 2.07. The molecule has 1 atom stereocenters. The van der Waals surface area contributed by atoms with Gasteiger partial charge in [-0.2, -0.15) is 0 Å². The monoisotopic (exact) mass is 290 g/mol. The van der Waals surface area contributed by atoms with Crippen LogP contribution in [0.3, 0.4) is 0 Å². The van der Waals surface area contributed by atoms with Crippen molar-refractivity contribution in [3.05, 3.63) is 39.4 Å². The maximum absolute atomic E-state index is 12.0. The third-order valence-corrected chi connectivity index (χ3v) is 4.52. The lowest BCUT2D eigenvalue weighted by atomic mass is 10.2. The van der Waals surface area contributed by atoms with Crippen molar-refractivity contribution in [3.63, 3.8) is 0 Å². The van der Waals surface area contributed by atoms with E-state index in [1.165, 1.54) is 16.7 Å². The van der Waals surface area contributed by atoms with Crippen molar-refractivity contribution in [1.82, 2.24) is 0 Å². The maximum Gasteiger partial charge on any atom is 0.340 e. The van der Waals surface area contributed by atoms with E-state index >= 15 is 0 Å². The number of carbonyl (C=O) groups is 1. The first kappa shape index (κ1) is 13.1. The van der Waals surface area contributed by atoms with Gasteiger partial charge in [-0.3, -0.25) is 4.79 Å². The molecule has 1 fully saturated rings. The zero-order chi connectivity index (χ0) is 14.3. The second kappa shape index (κ2) is 4.88. The van der Waals surface area contributed by atoms with Gasteiger partial charge in [0.1, 0.15) is 5.56 Å². The fourth-order valence-electron chi connectivity index (χ4n) is 2.48. The van der Waals surface area contributed by atoms with Gasteiger partial charge >= 0.3 is 5.97 Å². The summed E-state index contributed by atoms with van der Waals surface area (Å²) in [6.07, 6.45) is 0.965. The van der Waals surface area contributed by atoms with E-state index in [1.807, 2.05) is 12.1 Å². The first-order valence-corrected chi connectivity index (χ1v) is 7.23. The Hall–Kier alpha value is -1.92. The Kier molecular flexibility index (Phi) is 3.19. The third-order valence-electron chi connectivity index (χ3n) is 3.58. The molecule has 2 aromatic rings. The maximum atomic E-state index is 12.0. The number of rotatable bonds is 2. The smallest absolute Gasteiger partial charge is 0.340 e. The first-order chi connectivity index (χ1) is 9.56. The molecule has 1 saturated heterocycles. The zero-order valence-corrected chi connectivity index (χ0v) is 11.5. The molecule has 2 heterocycles. The van der Waals surface area contributed by atoms with Gasteiger partial charge in [-0.25, -0.2) is 4.79 Å². The lowest BCUT2D eigenvalue weighted by molar-refractivity contribution is 0.0696. The number of hydrogen-bond donors (Lipinski definition) is 2. The van der Waals surface area contributed by atoms with Crippen LogP contribution in [0.2, 0.25) is 0 Å². The molecule has 6 heteroatoms. The van der Waals surface area contributed by atoms with Crippen LogP contribution in [0.1, 0.15) is 16.8 Å². The quantitative estimate of drug-likeness (QED) is 0.875. The fourth-order valence-corrected chi connectivity index (χ4v) is 3.41. The van der Waals surface area contributed by atoms with Crippen molar-refractivity contribution >= 4 is 33.1 Å². The molecule has 5 nitrogen and oxygen atoms in total. The second-order valence-electron chi connectivity index (χ2n) is 4.96. The van der Waals surface area contributed by atoms with Crippen LogP contribution in [0.25, 0.3) is 10.1 Å². The van der Waals surface area contributed by atoms with Crippen molar-refractivity contribution in [2.24, 2.45) is 5.73 Å². The molecule has 1 aliphatic rings. The number of carboxylic acid groups (broad SMARTS) is 1. The number of fused-ring (bicyclic) bond motifs is 1. The minimum atomic E-state index is -1.18. The van der Waals surface area contributed by atoms with Gasteiger partial charge in [0.15, 0.2) is 0 Å². The molecule has 3 rings (SSSR count). The van der Waals surface area contributed by atoms with E-state index < -0.39 is 11.4 Å². The number of aromatic carboxylic acids is 1. The summed E-state index contributed by atoms with van der Waals surface area (Å²) in [6, 6.07) is 5.70. The van der Waals surface area contributed by atoms with E-state index in [1.54, 1.807) is 6.07 Å². The molecule has 104 valence electrons. The molecule has 3 N–H and O–H groups in total. The van der Waals surface area contributed by atoms with E-state index in [2.05, 4.69) is 4.90 Å². The number of nitrogens with two attached hydrogens (primary N) is 1. The lowest BCUT2D eigenvalue weighted by Crippen LogP contribution is -2.26. The van der Waals surface area contributed by atoms with Crippen molar-refractivity contribution in [2.45, 2.75) is 12.5 Å². The third kappa shape index (κ3) is 2.17. The van der Waals surface area contributed by atoms with Gasteiger partial charge in [0.25, 0.3) is 0 Å². The van der Waals surface area contributed by atoms with Gasteiger partial charge in [-0.05, 0) is 24.6 Å². The number of nitrogens with zero attached hydrogens (tertiary/aromatic N) is 1. The standard InChI is InChI=1S/C14H14N2O3S/c15-8-3-4-16(6-8)9-1-2-10-12(5-9)20-7-11(13(10)17)14(18)19/h1-2,5,7-8H,3-4,6,15H2,(H,18,19). The molecule has 1 aromatic heterocycles.